The van der Waals surface area contributed by atoms with E-state index in [4.69, 9.17) is 9.72 Å². The van der Waals surface area contributed by atoms with Crippen LogP contribution in [0.3, 0.4) is 0 Å². The number of fused-ring (bicyclic) bond motifs is 1. The van der Waals surface area contributed by atoms with Gasteiger partial charge in [0.05, 0.1) is 15.9 Å². The van der Waals surface area contributed by atoms with Gasteiger partial charge in [-0.3, -0.25) is 0 Å². The van der Waals surface area contributed by atoms with E-state index in [0.29, 0.717) is 11.4 Å². The van der Waals surface area contributed by atoms with E-state index in [-0.39, 0.29) is 28.6 Å². The fourth-order valence-corrected chi connectivity index (χ4v) is 5.26. The first-order chi connectivity index (χ1) is 13.0. The number of hydrogen-bond donors (Lipinski definition) is 1. The zero-order valence-corrected chi connectivity index (χ0v) is 19.5. The standard InChI is InChI=1S/C21H32N2O4S.ClH/c1-14(2)19(24)28(25,26)16-6-7-18-17(12-16)22-20(21(3,4)5)23(18)13-15-8-10-27-11-9-15;/h6-7,12,14-15,19,24H,8-11,13H2,1-5H3;1H. The number of aliphatic hydroxyl groups is 1. The van der Waals surface area contributed by atoms with Gasteiger partial charge < -0.3 is 14.4 Å². The summed E-state index contributed by atoms with van der Waals surface area (Å²) in [7, 11) is -3.81. The predicted molar refractivity (Wildman–Crippen MR) is 117 cm³/mol. The van der Waals surface area contributed by atoms with Crippen LogP contribution in [0.2, 0.25) is 0 Å². The Morgan fingerprint density at radius 3 is 2.41 bits per heavy atom. The Labute approximate surface area is 180 Å². The topological polar surface area (TPSA) is 81.4 Å². The number of nitrogens with zero attached hydrogens (tertiary/aromatic N) is 2. The molecule has 1 aliphatic heterocycles. The molecule has 0 aliphatic carbocycles. The smallest absolute Gasteiger partial charge is 0.205 e. The zero-order valence-electron chi connectivity index (χ0n) is 17.9. The van der Waals surface area contributed by atoms with Gasteiger partial charge in [0.2, 0.25) is 9.84 Å². The molecule has 1 fully saturated rings. The Balaban J connectivity index is 0.00000300. The SMILES string of the molecule is CC(C)C(O)S(=O)(=O)c1ccc2c(c1)nc(C(C)(C)C)n2CC1CCOCC1.Cl. The molecule has 2 heterocycles. The van der Waals surface area contributed by atoms with Crippen molar-refractivity contribution in [2.24, 2.45) is 11.8 Å². The normalized spacial score (nSPS) is 17.5. The van der Waals surface area contributed by atoms with Crippen molar-refractivity contribution in [1.82, 2.24) is 9.55 Å². The Hall–Kier alpha value is -1.15. The quantitative estimate of drug-likeness (QED) is 0.755. The van der Waals surface area contributed by atoms with Crippen molar-refractivity contribution >= 4 is 33.3 Å². The Bertz CT molecular complexity index is 941. The van der Waals surface area contributed by atoms with Crippen LogP contribution in [-0.2, 0) is 26.5 Å². The zero-order chi connectivity index (χ0) is 20.7. The van der Waals surface area contributed by atoms with Gasteiger partial charge in [-0.25, -0.2) is 13.4 Å². The molecule has 2 aromatic rings. The highest BCUT2D eigenvalue weighted by molar-refractivity contribution is 7.91. The maximum Gasteiger partial charge on any atom is 0.205 e. The Morgan fingerprint density at radius 1 is 1.24 bits per heavy atom. The molecule has 1 aromatic heterocycles. The highest BCUT2D eigenvalue weighted by Crippen LogP contribution is 2.31. The van der Waals surface area contributed by atoms with Gasteiger partial charge in [-0.1, -0.05) is 34.6 Å². The van der Waals surface area contributed by atoms with Crippen molar-refractivity contribution in [1.29, 1.82) is 0 Å². The molecule has 1 aliphatic rings. The van der Waals surface area contributed by atoms with E-state index in [2.05, 4.69) is 25.3 Å². The van der Waals surface area contributed by atoms with E-state index in [1.807, 2.05) is 6.07 Å². The van der Waals surface area contributed by atoms with Crippen molar-refractivity contribution in [2.45, 2.75) is 69.8 Å². The first-order valence-corrected chi connectivity index (χ1v) is 11.6. The van der Waals surface area contributed by atoms with E-state index in [1.165, 1.54) is 0 Å². The second-order valence-corrected chi connectivity index (χ2v) is 11.2. The number of aliphatic hydroxyl groups excluding tert-OH is 1. The molecule has 0 radical (unpaired) electrons. The fourth-order valence-electron chi connectivity index (χ4n) is 3.73. The summed E-state index contributed by atoms with van der Waals surface area (Å²) < 4.78 is 33.2. The van der Waals surface area contributed by atoms with Gasteiger partial charge in [-0.15, -0.1) is 12.4 Å². The predicted octanol–water partition coefficient (Wildman–Crippen LogP) is 3.93. The molecule has 1 atom stereocenters. The lowest BCUT2D eigenvalue weighted by atomic mass is 9.94. The first kappa shape index (κ1) is 24.1. The van der Waals surface area contributed by atoms with Gasteiger partial charge in [0.1, 0.15) is 5.82 Å². The number of rotatable bonds is 5. The van der Waals surface area contributed by atoms with E-state index in [9.17, 15) is 13.5 Å². The summed E-state index contributed by atoms with van der Waals surface area (Å²) in [6.45, 7) is 12.2. The summed E-state index contributed by atoms with van der Waals surface area (Å²) in [6, 6.07) is 5.03. The summed E-state index contributed by atoms with van der Waals surface area (Å²) >= 11 is 0. The van der Waals surface area contributed by atoms with Crippen LogP contribution in [0.4, 0.5) is 0 Å². The van der Waals surface area contributed by atoms with Crippen molar-refractivity contribution in [3.8, 4) is 0 Å². The third-order valence-electron chi connectivity index (χ3n) is 5.39. The van der Waals surface area contributed by atoms with E-state index >= 15 is 0 Å². The molecule has 164 valence electrons. The molecule has 29 heavy (non-hydrogen) atoms. The molecule has 1 N–H and O–H groups in total. The Morgan fingerprint density at radius 2 is 1.86 bits per heavy atom. The van der Waals surface area contributed by atoms with Gasteiger partial charge in [-0.05, 0) is 42.9 Å². The Kier molecular flexibility index (Phi) is 7.42. The van der Waals surface area contributed by atoms with Gasteiger partial charge in [0.15, 0.2) is 5.44 Å². The molecule has 1 saturated heterocycles. The van der Waals surface area contributed by atoms with Crippen molar-refractivity contribution in [3.05, 3.63) is 24.0 Å². The van der Waals surface area contributed by atoms with Crippen LogP contribution < -0.4 is 0 Å². The van der Waals surface area contributed by atoms with Crippen molar-refractivity contribution in [3.63, 3.8) is 0 Å². The van der Waals surface area contributed by atoms with Crippen LogP contribution in [0.1, 0.15) is 53.3 Å². The second kappa shape index (κ2) is 8.92. The third-order valence-corrected chi connectivity index (χ3v) is 7.48. The molecule has 1 aromatic carbocycles. The van der Waals surface area contributed by atoms with E-state index < -0.39 is 15.3 Å². The molecule has 0 amide bonds. The van der Waals surface area contributed by atoms with Gasteiger partial charge in [0, 0.05) is 25.2 Å². The number of halogens is 1. The molecular formula is C21H33ClN2O4S. The third kappa shape index (κ3) is 4.95. The van der Waals surface area contributed by atoms with Crippen molar-refractivity contribution < 1.29 is 18.3 Å². The van der Waals surface area contributed by atoms with Crippen LogP contribution in [0.25, 0.3) is 11.0 Å². The van der Waals surface area contributed by atoms with Crippen LogP contribution in [0.5, 0.6) is 0 Å². The molecular weight excluding hydrogens is 412 g/mol. The number of benzene rings is 1. The fraction of sp³-hybridized carbons (Fsp3) is 0.667. The summed E-state index contributed by atoms with van der Waals surface area (Å²) in [5.74, 6) is 1.10. The van der Waals surface area contributed by atoms with E-state index in [1.54, 1.807) is 26.0 Å². The molecule has 6 nitrogen and oxygen atoms in total. The molecule has 0 spiro atoms. The lowest BCUT2D eigenvalue weighted by Crippen LogP contribution is -2.26. The number of ether oxygens (including phenoxy) is 1. The minimum Gasteiger partial charge on any atom is -0.381 e. The van der Waals surface area contributed by atoms with Crippen molar-refractivity contribution in [2.75, 3.05) is 13.2 Å². The average Bonchev–Trinajstić information content (AvgIpc) is 3.00. The van der Waals surface area contributed by atoms with Crippen LogP contribution >= 0.6 is 12.4 Å². The highest BCUT2D eigenvalue weighted by Gasteiger charge is 2.30. The summed E-state index contributed by atoms with van der Waals surface area (Å²) in [5.41, 5.74) is 0.0144. The lowest BCUT2D eigenvalue weighted by molar-refractivity contribution is 0.0611. The number of aromatic nitrogens is 2. The average molecular weight is 445 g/mol. The maximum absolute atomic E-state index is 12.7. The molecule has 0 saturated carbocycles. The van der Waals surface area contributed by atoms with Crippen LogP contribution in [-0.4, -0.2) is 41.7 Å². The van der Waals surface area contributed by atoms with Crippen LogP contribution in [0, 0.1) is 11.8 Å². The number of imidazole rings is 1. The minimum atomic E-state index is -3.81. The highest BCUT2D eigenvalue weighted by atomic mass is 35.5. The molecule has 3 rings (SSSR count). The molecule has 1 unspecified atom stereocenters. The van der Waals surface area contributed by atoms with E-state index in [0.717, 1.165) is 43.9 Å². The summed E-state index contributed by atoms with van der Waals surface area (Å²) in [6.07, 6.45) is 2.05. The van der Waals surface area contributed by atoms with Gasteiger partial charge in [0.25, 0.3) is 0 Å². The lowest BCUT2D eigenvalue weighted by Gasteiger charge is -2.26. The van der Waals surface area contributed by atoms with Gasteiger partial charge in [-0.2, -0.15) is 0 Å². The monoisotopic (exact) mass is 444 g/mol. The largest absolute Gasteiger partial charge is 0.381 e. The summed E-state index contributed by atoms with van der Waals surface area (Å²) in [4.78, 5) is 4.94. The minimum absolute atomic E-state index is 0. The second-order valence-electron chi connectivity index (χ2n) is 9.18. The number of hydrogen-bond acceptors (Lipinski definition) is 5. The van der Waals surface area contributed by atoms with Crippen LogP contribution in [0.15, 0.2) is 23.1 Å². The van der Waals surface area contributed by atoms with Gasteiger partial charge >= 0.3 is 0 Å². The summed E-state index contributed by atoms with van der Waals surface area (Å²) in [5, 5.41) is 10.2. The number of sulfone groups is 1. The first-order valence-electron chi connectivity index (χ1n) is 10.0. The molecule has 8 heteroatoms. The molecule has 0 bridgehead atoms. The maximum atomic E-state index is 12.7.